The first-order chi connectivity index (χ1) is 7.24. The number of nitrogens with zero attached hydrogens (tertiary/aromatic N) is 2. The van der Waals surface area contributed by atoms with E-state index in [1.807, 2.05) is 0 Å². The first kappa shape index (κ1) is 11.0. The van der Waals surface area contributed by atoms with Crippen LogP contribution in [0, 0.1) is 11.8 Å². The van der Waals surface area contributed by atoms with Gasteiger partial charge in [-0.3, -0.25) is 0 Å². The topological polar surface area (TPSA) is 75.1 Å². The molecule has 0 spiro atoms. The summed E-state index contributed by atoms with van der Waals surface area (Å²) in [6.07, 6.45) is 2.10. The van der Waals surface area contributed by atoms with Crippen LogP contribution in [0.4, 0.5) is 5.82 Å². The van der Waals surface area contributed by atoms with Crippen LogP contribution in [-0.2, 0) is 0 Å². The molecule has 0 radical (unpaired) electrons. The number of aromatic nitrogens is 2. The molecule has 0 atom stereocenters. The standard InChI is InChI=1S/C10H11N3O2/c1-2-3-4-6-11-8-5-7-12-9(13-8)10(14)15/h5,7H,4,6H2,1H3,(H,14,15)(H,11,12,13). The van der Waals surface area contributed by atoms with E-state index < -0.39 is 5.97 Å². The highest BCUT2D eigenvalue weighted by Crippen LogP contribution is 2.01. The highest BCUT2D eigenvalue weighted by atomic mass is 16.4. The Balaban J connectivity index is 2.56. The largest absolute Gasteiger partial charge is 0.475 e. The molecule has 0 unspecified atom stereocenters. The summed E-state index contributed by atoms with van der Waals surface area (Å²) in [5.41, 5.74) is 0. The molecule has 0 fully saturated rings. The molecule has 0 aliphatic heterocycles. The summed E-state index contributed by atoms with van der Waals surface area (Å²) in [4.78, 5) is 18.0. The number of hydrogen-bond donors (Lipinski definition) is 2. The van der Waals surface area contributed by atoms with Gasteiger partial charge in [0, 0.05) is 19.2 Å². The van der Waals surface area contributed by atoms with E-state index >= 15 is 0 Å². The molecule has 1 aromatic heterocycles. The van der Waals surface area contributed by atoms with Gasteiger partial charge in [-0.1, -0.05) is 0 Å². The fourth-order valence-electron chi connectivity index (χ4n) is 0.938. The van der Waals surface area contributed by atoms with Gasteiger partial charge in [0.1, 0.15) is 5.82 Å². The zero-order valence-corrected chi connectivity index (χ0v) is 8.32. The highest BCUT2D eigenvalue weighted by molar-refractivity contribution is 5.83. The molecule has 1 aromatic rings. The predicted octanol–water partition coefficient (Wildman–Crippen LogP) is 1.00. The lowest BCUT2D eigenvalue weighted by Gasteiger charge is -2.02. The van der Waals surface area contributed by atoms with Crippen LogP contribution >= 0.6 is 0 Å². The molecule has 0 aliphatic carbocycles. The van der Waals surface area contributed by atoms with Gasteiger partial charge >= 0.3 is 5.97 Å². The molecule has 2 N–H and O–H groups in total. The van der Waals surface area contributed by atoms with Crippen molar-refractivity contribution < 1.29 is 9.90 Å². The molecule has 0 bridgehead atoms. The second-order valence-corrected chi connectivity index (χ2v) is 2.67. The zero-order chi connectivity index (χ0) is 11.1. The normalized spacial score (nSPS) is 8.87. The molecule has 5 heteroatoms. The predicted molar refractivity (Wildman–Crippen MR) is 55.5 cm³/mol. The quantitative estimate of drug-likeness (QED) is 0.566. The summed E-state index contributed by atoms with van der Waals surface area (Å²) < 4.78 is 0. The van der Waals surface area contributed by atoms with Crippen LogP contribution in [0.3, 0.4) is 0 Å². The van der Waals surface area contributed by atoms with Crippen LogP contribution in [0.1, 0.15) is 24.0 Å². The van der Waals surface area contributed by atoms with E-state index in [2.05, 4.69) is 27.1 Å². The number of anilines is 1. The lowest BCUT2D eigenvalue weighted by molar-refractivity contribution is 0.0683. The van der Waals surface area contributed by atoms with Gasteiger partial charge < -0.3 is 10.4 Å². The molecular weight excluding hydrogens is 194 g/mol. The minimum absolute atomic E-state index is 0.207. The van der Waals surface area contributed by atoms with Crippen molar-refractivity contribution in [2.75, 3.05) is 11.9 Å². The van der Waals surface area contributed by atoms with E-state index in [0.717, 1.165) is 0 Å². The summed E-state index contributed by atoms with van der Waals surface area (Å²) in [6.45, 7) is 2.41. The third kappa shape index (κ3) is 3.65. The monoisotopic (exact) mass is 205 g/mol. The maximum Gasteiger partial charge on any atom is 0.374 e. The summed E-state index contributed by atoms with van der Waals surface area (Å²) in [5.74, 6) is 4.81. The highest BCUT2D eigenvalue weighted by Gasteiger charge is 2.05. The lowest BCUT2D eigenvalue weighted by atomic mass is 10.4. The van der Waals surface area contributed by atoms with Crippen LogP contribution < -0.4 is 5.32 Å². The maximum atomic E-state index is 10.6. The number of carboxylic acid groups (broad SMARTS) is 1. The lowest BCUT2D eigenvalue weighted by Crippen LogP contribution is -2.08. The van der Waals surface area contributed by atoms with Crippen LogP contribution in [0.25, 0.3) is 0 Å². The summed E-state index contributed by atoms with van der Waals surface area (Å²) in [5, 5.41) is 11.6. The Kier molecular flexibility index (Phi) is 4.10. The van der Waals surface area contributed by atoms with Crippen molar-refractivity contribution in [2.45, 2.75) is 13.3 Å². The summed E-state index contributed by atoms with van der Waals surface area (Å²) >= 11 is 0. The molecule has 15 heavy (non-hydrogen) atoms. The van der Waals surface area contributed by atoms with Gasteiger partial charge in [-0.05, 0) is 13.0 Å². The number of nitrogens with one attached hydrogen (secondary N) is 1. The van der Waals surface area contributed by atoms with Gasteiger partial charge in [0.15, 0.2) is 0 Å². The Morgan fingerprint density at radius 3 is 3.13 bits per heavy atom. The van der Waals surface area contributed by atoms with Crippen molar-refractivity contribution in [1.82, 2.24) is 9.97 Å². The second kappa shape index (κ2) is 5.60. The van der Waals surface area contributed by atoms with Crippen LogP contribution in [0.15, 0.2) is 12.3 Å². The minimum Gasteiger partial charge on any atom is -0.475 e. The number of carboxylic acids is 1. The van der Waals surface area contributed by atoms with E-state index in [1.54, 1.807) is 13.0 Å². The average Bonchev–Trinajstić information content (AvgIpc) is 2.25. The molecule has 0 saturated heterocycles. The number of aromatic carboxylic acids is 1. The van der Waals surface area contributed by atoms with Gasteiger partial charge in [-0.2, -0.15) is 0 Å². The van der Waals surface area contributed by atoms with Crippen LogP contribution in [0.2, 0.25) is 0 Å². The van der Waals surface area contributed by atoms with Gasteiger partial charge in [-0.25, -0.2) is 14.8 Å². The van der Waals surface area contributed by atoms with Crippen molar-refractivity contribution in [3.8, 4) is 11.8 Å². The fraction of sp³-hybridized carbons (Fsp3) is 0.300. The Hall–Kier alpha value is -2.09. The molecule has 5 nitrogen and oxygen atoms in total. The summed E-state index contributed by atoms with van der Waals surface area (Å²) in [6, 6.07) is 1.62. The molecule has 1 heterocycles. The first-order valence-electron chi connectivity index (χ1n) is 4.44. The van der Waals surface area contributed by atoms with E-state index in [4.69, 9.17) is 5.11 Å². The van der Waals surface area contributed by atoms with E-state index in [0.29, 0.717) is 18.8 Å². The number of rotatable bonds is 4. The Morgan fingerprint density at radius 1 is 1.67 bits per heavy atom. The number of carbonyl (C=O) groups is 1. The fourth-order valence-corrected chi connectivity index (χ4v) is 0.938. The Morgan fingerprint density at radius 2 is 2.47 bits per heavy atom. The molecular formula is C10H11N3O2. The first-order valence-corrected chi connectivity index (χ1v) is 4.44. The van der Waals surface area contributed by atoms with E-state index in [1.165, 1.54) is 6.20 Å². The third-order valence-electron chi connectivity index (χ3n) is 1.58. The summed E-state index contributed by atoms with van der Waals surface area (Å²) in [7, 11) is 0. The molecule has 78 valence electrons. The Labute approximate surface area is 87.6 Å². The molecule has 0 amide bonds. The van der Waals surface area contributed by atoms with Crippen LogP contribution in [0.5, 0.6) is 0 Å². The smallest absolute Gasteiger partial charge is 0.374 e. The number of hydrogen-bond acceptors (Lipinski definition) is 4. The van der Waals surface area contributed by atoms with Gasteiger partial charge in [-0.15, -0.1) is 11.8 Å². The van der Waals surface area contributed by atoms with Crippen molar-refractivity contribution in [3.05, 3.63) is 18.1 Å². The molecule has 0 aromatic carbocycles. The van der Waals surface area contributed by atoms with Crippen molar-refractivity contribution in [2.24, 2.45) is 0 Å². The Bertz CT molecular complexity index is 407. The second-order valence-electron chi connectivity index (χ2n) is 2.67. The van der Waals surface area contributed by atoms with Crippen molar-refractivity contribution >= 4 is 11.8 Å². The zero-order valence-electron chi connectivity index (χ0n) is 8.32. The van der Waals surface area contributed by atoms with Gasteiger partial charge in [0.05, 0.1) is 0 Å². The van der Waals surface area contributed by atoms with Crippen molar-refractivity contribution in [3.63, 3.8) is 0 Å². The van der Waals surface area contributed by atoms with Crippen molar-refractivity contribution in [1.29, 1.82) is 0 Å². The molecule has 0 aliphatic rings. The maximum absolute atomic E-state index is 10.6. The minimum atomic E-state index is -1.13. The third-order valence-corrected chi connectivity index (χ3v) is 1.58. The van der Waals surface area contributed by atoms with Gasteiger partial charge in [0.2, 0.25) is 5.82 Å². The molecule has 1 rings (SSSR count). The van der Waals surface area contributed by atoms with Crippen LogP contribution in [-0.4, -0.2) is 27.6 Å². The van der Waals surface area contributed by atoms with E-state index in [9.17, 15) is 4.79 Å². The van der Waals surface area contributed by atoms with Gasteiger partial charge in [0.25, 0.3) is 0 Å². The van der Waals surface area contributed by atoms with E-state index in [-0.39, 0.29) is 5.82 Å². The molecule has 0 saturated carbocycles. The average molecular weight is 205 g/mol. The SMILES string of the molecule is CC#CCCNc1ccnc(C(=O)O)n1.